The predicted molar refractivity (Wildman–Crippen MR) is 125 cm³/mol. The van der Waals surface area contributed by atoms with Crippen LogP contribution in [-0.2, 0) is 12.8 Å². The summed E-state index contributed by atoms with van der Waals surface area (Å²) in [5.74, 6) is 0.310. The summed E-state index contributed by atoms with van der Waals surface area (Å²) in [5, 5.41) is 9.42. The van der Waals surface area contributed by atoms with Crippen molar-refractivity contribution in [1.29, 1.82) is 0 Å². The lowest BCUT2D eigenvalue weighted by molar-refractivity contribution is 0.117. The predicted octanol–water partition coefficient (Wildman–Crippen LogP) is 4.31. The summed E-state index contributed by atoms with van der Waals surface area (Å²) >= 11 is 0. The Labute approximate surface area is 184 Å². The summed E-state index contributed by atoms with van der Waals surface area (Å²) in [6.07, 6.45) is 8.38. The van der Waals surface area contributed by atoms with Crippen molar-refractivity contribution in [3.63, 3.8) is 0 Å². The fourth-order valence-corrected chi connectivity index (χ4v) is 4.88. The number of aryl methyl sites for hydroxylation is 2. The minimum absolute atomic E-state index is 0.303. The van der Waals surface area contributed by atoms with Gasteiger partial charge in [-0.25, -0.2) is 0 Å². The number of aromatic hydroxyl groups is 1. The quantitative estimate of drug-likeness (QED) is 0.695. The second-order valence-corrected chi connectivity index (χ2v) is 8.47. The number of hydrogen-bond donors (Lipinski definition) is 1. The van der Waals surface area contributed by atoms with Crippen molar-refractivity contribution in [2.45, 2.75) is 18.9 Å². The Hall–Kier alpha value is -2.95. The number of hydrogen-bond acceptors (Lipinski definition) is 4. The maximum Gasteiger partial charge on any atom is 0.115 e. The molecule has 0 spiro atoms. The highest BCUT2D eigenvalue weighted by Gasteiger charge is 2.31. The van der Waals surface area contributed by atoms with Crippen molar-refractivity contribution in [3.05, 3.63) is 101 Å². The average molecular weight is 412 g/mol. The highest BCUT2D eigenvalue weighted by Crippen LogP contribution is 2.36. The van der Waals surface area contributed by atoms with Gasteiger partial charge in [0.25, 0.3) is 0 Å². The highest BCUT2D eigenvalue weighted by atomic mass is 16.3. The molecule has 2 heterocycles. The van der Waals surface area contributed by atoms with Crippen LogP contribution in [-0.4, -0.2) is 52.6 Å². The van der Waals surface area contributed by atoms with Crippen LogP contribution in [0.15, 0.2) is 72.9 Å². The molecule has 1 aliphatic heterocycles. The molecule has 0 amide bonds. The van der Waals surface area contributed by atoms with Crippen LogP contribution in [0.25, 0.3) is 6.08 Å². The Bertz CT molecular complexity index is 1000. The van der Waals surface area contributed by atoms with Gasteiger partial charge in [0.05, 0.1) is 6.04 Å². The number of piperazine rings is 1. The highest BCUT2D eigenvalue weighted by molar-refractivity contribution is 5.50. The van der Waals surface area contributed by atoms with Gasteiger partial charge in [-0.3, -0.25) is 14.8 Å². The van der Waals surface area contributed by atoms with Crippen LogP contribution in [0.4, 0.5) is 0 Å². The monoisotopic (exact) mass is 411 g/mol. The molecule has 2 aliphatic rings. The van der Waals surface area contributed by atoms with E-state index in [2.05, 4.69) is 58.4 Å². The zero-order chi connectivity index (χ0) is 21.0. The van der Waals surface area contributed by atoms with E-state index in [1.807, 2.05) is 18.3 Å². The van der Waals surface area contributed by atoms with E-state index in [1.165, 1.54) is 22.4 Å². The van der Waals surface area contributed by atoms with Crippen LogP contribution in [0, 0.1) is 0 Å². The second kappa shape index (κ2) is 9.04. The first-order valence-corrected chi connectivity index (χ1v) is 11.2. The molecule has 1 fully saturated rings. The molecule has 1 N–H and O–H groups in total. The van der Waals surface area contributed by atoms with Crippen molar-refractivity contribution in [2.75, 3.05) is 32.7 Å². The van der Waals surface area contributed by atoms with Crippen LogP contribution in [0.3, 0.4) is 0 Å². The molecule has 2 aromatic carbocycles. The van der Waals surface area contributed by atoms with Gasteiger partial charge in [-0.1, -0.05) is 54.6 Å². The van der Waals surface area contributed by atoms with Crippen LogP contribution in [0.5, 0.6) is 5.75 Å². The molecule has 4 heteroatoms. The molecule has 0 saturated carbocycles. The Morgan fingerprint density at radius 3 is 2.48 bits per heavy atom. The molecule has 1 aromatic heterocycles. The molecule has 158 valence electrons. The zero-order valence-corrected chi connectivity index (χ0v) is 17.8. The van der Waals surface area contributed by atoms with Crippen LogP contribution < -0.4 is 0 Å². The van der Waals surface area contributed by atoms with Crippen LogP contribution >= 0.6 is 0 Å². The Kier molecular flexibility index (Phi) is 5.83. The van der Waals surface area contributed by atoms with Gasteiger partial charge < -0.3 is 5.11 Å². The molecule has 4 nitrogen and oxygen atoms in total. The van der Waals surface area contributed by atoms with Crippen molar-refractivity contribution in [1.82, 2.24) is 14.8 Å². The smallest absolute Gasteiger partial charge is 0.115 e. The molecule has 0 bridgehead atoms. The topological polar surface area (TPSA) is 39.6 Å². The van der Waals surface area contributed by atoms with Crippen LogP contribution in [0.1, 0.15) is 34.0 Å². The van der Waals surface area contributed by atoms with Crippen molar-refractivity contribution < 1.29 is 5.11 Å². The maximum atomic E-state index is 9.42. The Balaban J connectivity index is 1.29. The first-order chi connectivity index (χ1) is 15.3. The molecule has 3 aromatic rings. The fourth-order valence-electron chi connectivity index (χ4n) is 4.88. The second-order valence-electron chi connectivity index (χ2n) is 8.47. The minimum atomic E-state index is 0.303. The van der Waals surface area contributed by atoms with Gasteiger partial charge in [0.2, 0.25) is 0 Å². The van der Waals surface area contributed by atoms with Gasteiger partial charge >= 0.3 is 0 Å². The van der Waals surface area contributed by atoms with E-state index in [1.54, 1.807) is 12.1 Å². The van der Waals surface area contributed by atoms with Gasteiger partial charge in [-0.15, -0.1) is 0 Å². The molecule has 1 aliphatic carbocycles. The van der Waals surface area contributed by atoms with Crippen molar-refractivity contribution in [2.24, 2.45) is 0 Å². The van der Waals surface area contributed by atoms with E-state index in [0.29, 0.717) is 11.8 Å². The Morgan fingerprint density at radius 1 is 0.871 bits per heavy atom. The van der Waals surface area contributed by atoms with E-state index in [9.17, 15) is 5.11 Å². The van der Waals surface area contributed by atoms with Gasteiger partial charge in [0, 0.05) is 44.6 Å². The van der Waals surface area contributed by atoms with E-state index >= 15 is 0 Å². The minimum Gasteiger partial charge on any atom is -0.508 e. The average Bonchev–Trinajstić information content (AvgIpc) is 2.98. The molecular weight excluding hydrogens is 382 g/mol. The third-order valence-corrected chi connectivity index (χ3v) is 6.54. The molecule has 0 radical (unpaired) electrons. The number of nitrogens with zero attached hydrogens (tertiary/aromatic N) is 3. The lowest BCUT2D eigenvalue weighted by Crippen LogP contribution is -2.47. The standard InChI is InChI=1S/C27H29N3O/c31-23-12-9-21(10-13-23)5-4-16-29-17-19-30(20-18-29)27-24-7-2-1-6-22(24)11-14-26-25(27)8-3-15-28-26/h1-10,12-13,15,27,31H,11,14,16-20H2. The summed E-state index contributed by atoms with van der Waals surface area (Å²) in [4.78, 5) is 9.89. The van der Waals surface area contributed by atoms with Gasteiger partial charge in [0.15, 0.2) is 0 Å². The summed E-state index contributed by atoms with van der Waals surface area (Å²) in [7, 11) is 0. The molecule has 1 unspecified atom stereocenters. The third-order valence-electron chi connectivity index (χ3n) is 6.54. The maximum absolute atomic E-state index is 9.42. The van der Waals surface area contributed by atoms with E-state index in [0.717, 1.165) is 51.1 Å². The van der Waals surface area contributed by atoms with Gasteiger partial charge in [0.1, 0.15) is 5.75 Å². The largest absolute Gasteiger partial charge is 0.508 e. The number of pyridine rings is 1. The first-order valence-electron chi connectivity index (χ1n) is 11.2. The lowest BCUT2D eigenvalue weighted by atomic mass is 9.94. The third kappa shape index (κ3) is 4.41. The number of benzene rings is 2. The molecular formula is C27H29N3O. The van der Waals surface area contributed by atoms with Crippen molar-refractivity contribution in [3.8, 4) is 5.75 Å². The lowest BCUT2D eigenvalue weighted by Gasteiger charge is -2.39. The summed E-state index contributed by atoms with van der Waals surface area (Å²) in [6, 6.07) is 21.0. The zero-order valence-electron chi connectivity index (χ0n) is 17.8. The normalized spacial score (nSPS) is 19.7. The van der Waals surface area contributed by atoms with Crippen molar-refractivity contribution >= 4 is 6.08 Å². The van der Waals surface area contributed by atoms with E-state index < -0.39 is 0 Å². The van der Waals surface area contributed by atoms with E-state index in [-0.39, 0.29) is 0 Å². The summed E-state index contributed by atoms with van der Waals surface area (Å²) in [5.41, 5.74) is 6.67. The van der Waals surface area contributed by atoms with Crippen LogP contribution in [0.2, 0.25) is 0 Å². The number of fused-ring (bicyclic) bond motifs is 2. The SMILES string of the molecule is Oc1ccc(C=CCN2CCN(C3c4ccccc4CCc4ncccc43)CC2)cc1. The van der Waals surface area contributed by atoms with Gasteiger partial charge in [-0.2, -0.15) is 0 Å². The van der Waals surface area contributed by atoms with Gasteiger partial charge in [-0.05, 0) is 53.3 Å². The number of phenolic OH excluding ortho intramolecular Hbond substituents is 1. The van der Waals surface area contributed by atoms with E-state index in [4.69, 9.17) is 4.98 Å². The summed E-state index contributed by atoms with van der Waals surface area (Å²) < 4.78 is 0. The number of aromatic nitrogens is 1. The molecule has 5 rings (SSSR count). The first kappa shape index (κ1) is 20.0. The molecule has 31 heavy (non-hydrogen) atoms. The fraction of sp³-hybridized carbons (Fsp3) is 0.296. The number of rotatable bonds is 4. The molecule has 1 atom stereocenters. The number of phenols is 1. The molecule has 1 saturated heterocycles. The summed E-state index contributed by atoms with van der Waals surface area (Å²) in [6.45, 7) is 5.19. The Morgan fingerprint density at radius 2 is 1.65 bits per heavy atom.